The number of rotatable bonds is 3. The van der Waals surface area contributed by atoms with Gasteiger partial charge in [-0.25, -0.2) is 0 Å². The first-order chi connectivity index (χ1) is 9.99. The van der Waals surface area contributed by atoms with Crippen molar-refractivity contribution in [3.8, 4) is 0 Å². The number of benzene rings is 1. The van der Waals surface area contributed by atoms with Crippen molar-refractivity contribution in [3.63, 3.8) is 0 Å². The monoisotopic (exact) mass is 288 g/mol. The highest BCUT2D eigenvalue weighted by Crippen LogP contribution is 2.36. The van der Waals surface area contributed by atoms with E-state index in [2.05, 4.69) is 5.32 Å². The number of hydrogen-bond donors (Lipinski definition) is 1. The van der Waals surface area contributed by atoms with Gasteiger partial charge in [-0.05, 0) is 25.8 Å². The summed E-state index contributed by atoms with van der Waals surface area (Å²) in [5.41, 5.74) is 0.381. The molecule has 2 fully saturated rings. The number of nitrogens with zero attached hydrogens (tertiary/aromatic N) is 1. The molecule has 2 atom stereocenters. The summed E-state index contributed by atoms with van der Waals surface area (Å²) in [4.78, 5) is 26.1. The van der Waals surface area contributed by atoms with Gasteiger partial charge in [-0.3, -0.25) is 9.59 Å². The summed E-state index contributed by atoms with van der Waals surface area (Å²) in [5, 5.41) is 2.87. The number of carbonyl (C=O) groups is 2. The molecule has 0 radical (unpaired) electrons. The van der Waals surface area contributed by atoms with E-state index in [0.717, 1.165) is 12.0 Å². The van der Waals surface area contributed by atoms with Gasteiger partial charge in [0.25, 0.3) is 0 Å². The van der Waals surface area contributed by atoms with E-state index in [1.165, 1.54) is 0 Å². The Morgan fingerprint density at radius 1 is 1.38 bits per heavy atom. The van der Waals surface area contributed by atoms with E-state index in [4.69, 9.17) is 4.74 Å². The number of carbonyl (C=O) groups excluding carboxylic acids is 2. The number of hydrogen-bond acceptors (Lipinski definition) is 3. The van der Waals surface area contributed by atoms with Crippen molar-refractivity contribution in [2.24, 2.45) is 0 Å². The number of fused-ring (bicyclic) bond motifs is 1. The Morgan fingerprint density at radius 2 is 2.10 bits per heavy atom. The molecule has 2 aliphatic heterocycles. The highest BCUT2D eigenvalue weighted by atomic mass is 16.5. The van der Waals surface area contributed by atoms with Crippen molar-refractivity contribution in [2.75, 3.05) is 6.61 Å². The quantitative estimate of drug-likeness (QED) is 0.847. The van der Waals surface area contributed by atoms with Crippen LogP contribution in [0.5, 0.6) is 0 Å². The zero-order chi connectivity index (χ0) is 15.0. The Balaban J connectivity index is 1.61. The van der Waals surface area contributed by atoms with Crippen LogP contribution in [0.15, 0.2) is 30.3 Å². The molecular formula is C16H20N2O3. The molecule has 1 N–H and O–H groups in total. The average Bonchev–Trinajstić information content (AvgIpc) is 2.44. The van der Waals surface area contributed by atoms with Gasteiger partial charge >= 0.3 is 0 Å². The Hall–Kier alpha value is -1.88. The molecule has 2 unspecified atom stereocenters. The molecule has 112 valence electrons. The van der Waals surface area contributed by atoms with E-state index in [9.17, 15) is 9.59 Å². The van der Waals surface area contributed by atoms with E-state index in [1.807, 2.05) is 44.2 Å². The minimum absolute atomic E-state index is 0.0499. The topological polar surface area (TPSA) is 58.6 Å². The molecule has 2 heterocycles. The molecule has 5 heteroatoms. The number of amides is 2. The van der Waals surface area contributed by atoms with Gasteiger partial charge in [0.05, 0.1) is 19.1 Å². The van der Waals surface area contributed by atoms with Gasteiger partial charge in [0.2, 0.25) is 11.8 Å². The van der Waals surface area contributed by atoms with Crippen LogP contribution in [0, 0.1) is 0 Å². The molecule has 1 aromatic rings. The van der Waals surface area contributed by atoms with Crippen LogP contribution < -0.4 is 5.32 Å². The van der Waals surface area contributed by atoms with Gasteiger partial charge < -0.3 is 15.0 Å². The summed E-state index contributed by atoms with van der Waals surface area (Å²) in [6.45, 7) is 4.39. The van der Waals surface area contributed by atoms with Crippen LogP contribution in [-0.4, -0.2) is 41.1 Å². The summed E-state index contributed by atoms with van der Waals surface area (Å²) >= 11 is 0. The highest BCUT2D eigenvalue weighted by Gasteiger charge is 2.56. The molecule has 0 aromatic heterocycles. The lowest BCUT2D eigenvalue weighted by atomic mass is 9.87. The summed E-state index contributed by atoms with van der Waals surface area (Å²) in [5.74, 6) is -0.158. The standard InChI is InChI=1S/C16H20N2O3/c1-16(2)18-12(8-9-21-16)14(15(18)20)17-13(19)10-11-6-4-3-5-7-11/h3-7,12,14H,8-10H2,1-2H3,(H,17,19). The zero-order valence-electron chi connectivity index (χ0n) is 12.3. The lowest BCUT2D eigenvalue weighted by molar-refractivity contribution is -0.225. The summed E-state index contributed by atoms with van der Waals surface area (Å²) in [7, 11) is 0. The van der Waals surface area contributed by atoms with Crippen LogP contribution in [0.3, 0.4) is 0 Å². The fourth-order valence-corrected chi connectivity index (χ4v) is 3.17. The largest absolute Gasteiger partial charge is 0.356 e. The second-order valence-corrected chi connectivity index (χ2v) is 6.07. The summed E-state index contributed by atoms with van der Waals surface area (Å²) in [6, 6.07) is 9.20. The van der Waals surface area contributed by atoms with E-state index in [-0.39, 0.29) is 17.9 Å². The van der Waals surface area contributed by atoms with Crippen LogP contribution in [-0.2, 0) is 20.7 Å². The minimum atomic E-state index is -0.569. The molecule has 2 amide bonds. The van der Waals surface area contributed by atoms with Crippen LogP contribution in [0.4, 0.5) is 0 Å². The first-order valence-electron chi connectivity index (χ1n) is 7.29. The van der Waals surface area contributed by atoms with E-state index in [1.54, 1.807) is 4.90 Å². The molecule has 1 aromatic carbocycles. The van der Waals surface area contributed by atoms with Crippen LogP contribution >= 0.6 is 0 Å². The maximum absolute atomic E-state index is 12.2. The zero-order valence-corrected chi connectivity index (χ0v) is 12.3. The first-order valence-corrected chi connectivity index (χ1v) is 7.29. The van der Waals surface area contributed by atoms with Gasteiger partial charge in [-0.2, -0.15) is 0 Å². The predicted octanol–water partition coefficient (Wildman–Crippen LogP) is 1.08. The second kappa shape index (κ2) is 5.15. The molecule has 2 aliphatic rings. The van der Waals surface area contributed by atoms with Gasteiger partial charge in [-0.1, -0.05) is 30.3 Å². The van der Waals surface area contributed by atoms with Gasteiger partial charge in [0, 0.05) is 0 Å². The van der Waals surface area contributed by atoms with Crippen LogP contribution in [0.25, 0.3) is 0 Å². The molecule has 0 spiro atoms. The van der Waals surface area contributed by atoms with Crippen molar-refractivity contribution in [1.29, 1.82) is 0 Å². The second-order valence-electron chi connectivity index (χ2n) is 6.07. The smallest absolute Gasteiger partial charge is 0.249 e. The molecule has 0 saturated carbocycles. The average molecular weight is 288 g/mol. The number of ether oxygens (including phenoxy) is 1. The first kappa shape index (κ1) is 14.1. The molecule has 5 nitrogen and oxygen atoms in total. The highest BCUT2D eigenvalue weighted by molar-refractivity contribution is 5.94. The van der Waals surface area contributed by atoms with Crippen molar-refractivity contribution < 1.29 is 14.3 Å². The third kappa shape index (κ3) is 2.53. The molecule has 0 aliphatic carbocycles. The van der Waals surface area contributed by atoms with Gasteiger partial charge in [-0.15, -0.1) is 0 Å². The Kier molecular flexibility index (Phi) is 3.45. The van der Waals surface area contributed by atoms with Crippen LogP contribution in [0.2, 0.25) is 0 Å². The van der Waals surface area contributed by atoms with E-state index in [0.29, 0.717) is 13.0 Å². The van der Waals surface area contributed by atoms with Crippen LogP contribution in [0.1, 0.15) is 25.8 Å². The predicted molar refractivity (Wildman–Crippen MR) is 77.4 cm³/mol. The SMILES string of the molecule is CC1(C)OCCC2C(NC(=O)Cc3ccccc3)C(=O)N21. The minimum Gasteiger partial charge on any atom is -0.356 e. The molecule has 21 heavy (non-hydrogen) atoms. The number of nitrogens with one attached hydrogen (secondary N) is 1. The van der Waals surface area contributed by atoms with Gasteiger partial charge in [0.1, 0.15) is 11.8 Å². The van der Waals surface area contributed by atoms with E-state index < -0.39 is 11.8 Å². The van der Waals surface area contributed by atoms with Crippen molar-refractivity contribution in [3.05, 3.63) is 35.9 Å². The molecule has 3 rings (SSSR count). The van der Waals surface area contributed by atoms with Crippen molar-refractivity contribution in [2.45, 2.75) is 44.5 Å². The molecule has 2 saturated heterocycles. The van der Waals surface area contributed by atoms with E-state index >= 15 is 0 Å². The Morgan fingerprint density at radius 3 is 2.81 bits per heavy atom. The lowest BCUT2D eigenvalue weighted by Gasteiger charge is -2.57. The van der Waals surface area contributed by atoms with Gasteiger partial charge in [0.15, 0.2) is 0 Å². The lowest BCUT2D eigenvalue weighted by Crippen LogP contribution is -2.77. The maximum Gasteiger partial charge on any atom is 0.249 e. The maximum atomic E-state index is 12.2. The van der Waals surface area contributed by atoms with Crippen molar-refractivity contribution in [1.82, 2.24) is 10.2 Å². The third-order valence-corrected chi connectivity index (χ3v) is 4.19. The molecule has 0 bridgehead atoms. The molecular weight excluding hydrogens is 268 g/mol. The fraction of sp³-hybridized carbons (Fsp3) is 0.500. The normalized spacial score (nSPS) is 26.8. The number of β-lactam (4-membered cyclic amide) rings is 1. The third-order valence-electron chi connectivity index (χ3n) is 4.19. The fourth-order valence-electron chi connectivity index (χ4n) is 3.17. The summed E-state index contributed by atoms with van der Waals surface area (Å²) in [6.07, 6.45) is 1.07. The Labute approximate surface area is 124 Å². The summed E-state index contributed by atoms with van der Waals surface area (Å²) < 4.78 is 5.61. The Bertz CT molecular complexity index is 556. The van der Waals surface area contributed by atoms with Crippen molar-refractivity contribution >= 4 is 11.8 Å².